The highest BCUT2D eigenvalue weighted by atomic mass is 16.2. The van der Waals surface area contributed by atoms with E-state index in [1.54, 1.807) is 41.4 Å². The van der Waals surface area contributed by atoms with Gasteiger partial charge in [-0.15, -0.1) is 0 Å². The summed E-state index contributed by atoms with van der Waals surface area (Å²) in [5.41, 5.74) is 7.77. The molecule has 2 aromatic heterocycles. The Morgan fingerprint density at radius 1 is 1.19 bits per heavy atom. The molecule has 1 atom stereocenters. The summed E-state index contributed by atoms with van der Waals surface area (Å²) in [6.07, 6.45) is 3.60. The van der Waals surface area contributed by atoms with Gasteiger partial charge in [0, 0.05) is 23.9 Å². The van der Waals surface area contributed by atoms with Crippen LogP contribution in [0.2, 0.25) is 0 Å². The number of benzene rings is 1. The lowest BCUT2D eigenvalue weighted by Gasteiger charge is -2.34. The van der Waals surface area contributed by atoms with E-state index in [4.69, 9.17) is 16.8 Å². The van der Waals surface area contributed by atoms with Gasteiger partial charge in [-0.25, -0.2) is 14.6 Å². The van der Waals surface area contributed by atoms with Crippen molar-refractivity contribution < 1.29 is 14.4 Å². The van der Waals surface area contributed by atoms with Gasteiger partial charge in [0.1, 0.15) is 17.9 Å². The number of rotatable bonds is 6. The van der Waals surface area contributed by atoms with Crippen LogP contribution in [0.25, 0.3) is 11.3 Å². The molecule has 3 aromatic rings. The summed E-state index contributed by atoms with van der Waals surface area (Å²) in [5.74, 6) is 5.59. The Balaban J connectivity index is 1.65. The normalized spacial score (nSPS) is 15.2. The molecule has 0 spiro atoms. The Hall–Kier alpha value is -4.72. The van der Waals surface area contributed by atoms with Crippen molar-refractivity contribution in [2.45, 2.75) is 38.6 Å². The summed E-state index contributed by atoms with van der Waals surface area (Å²) in [5, 5.41) is 11.7. The molecule has 36 heavy (non-hydrogen) atoms. The van der Waals surface area contributed by atoms with Crippen molar-refractivity contribution in [3.05, 3.63) is 65.2 Å². The van der Waals surface area contributed by atoms with E-state index in [2.05, 4.69) is 15.3 Å². The van der Waals surface area contributed by atoms with E-state index in [0.29, 0.717) is 35.7 Å². The number of amides is 3. The molecule has 1 saturated heterocycles. The summed E-state index contributed by atoms with van der Waals surface area (Å²) >= 11 is 0. The second-order valence-corrected chi connectivity index (χ2v) is 8.58. The molecule has 0 aliphatic carbocycles. The molecule has 3 amide bonds. The number of carbonyl (C=O) groups is 3. The minimum Gasteiger partial charge on any atom is -0.364 e. The highest BCUT2D eigenvalue weighted by Gasteiger charge is 2.33. The van der Waals surface area contributed by atoms with Crippen LogP contribution < -0.4 is 16.9 Å². The number of nitrogen functional groups attached to an aromatic ring is 1. The molecule has 0 saturated carbocycles. The van der Waals surface area contributed by atoms with Crippen LogP contribution in [0.3, 0.4) is 0 Å². The Morgan fingerprint density at radius 3 is 2.61 bits per heavy atom. The van der Waals surface area contributed by atoms with Gasteiger partial charge in [0.05, 0.1) is 12.1 Å². The zero-order valence-corrected chi connectivity index (χ0v) is 19.8. The Morgan fingerprint density at radius 2 is 1.94 bits per heavy atom. The minimum absolute atomic E-state index is 0.00980. The van der Waals surface area contributed by atoms with Gasteiger partial charge in [-0.1, -0.05) is 12.1 Å². The van der Waals surface area contributed by atoms with Crippen molar-refractivity contribution in [2.75, 3.05) is 17.7 Å². The van der Waals surface area contributed by atoms with Crippen LogP contribution in [0.1, 0.15) is 64.0 Å². The zero-order valence-electron chi connectivity index (χ0n) is 19.8. The molecule has 11 nitrogen and oxygen atoms in total. The number of nitrogens with one attached hydrogen (secondary N) is 1. The van der Waals surface area contributed by atoms with E-state index in [-0.39, 0.29) is 29.6 Å². The number of likely N-dealkylation sites (tertiary alicyclic amines) is 1. The number of aryl methyl sites for hydroxylation is 1. The smallest absolute Gasteiger partial charge is 0.269 e. The predicted octanol–water partition coefficient (Wildman–Crippen LogP) is 2.29. The molecule has 184 valence electrons. The molecule has 1 aliphatic heterocycles. The van der Waals surface area contributed by atoms with E-state index < -0.39 is 11.9 Å². The van der Waals surface area contributed by atoms with Gasteiger partial charge in [-0.3, -0.25) is 14.4 Å². The van der Waals surface area contributed by atoms with Crippen LogP contribution in [0, 0.1) is 18.3 Å². The van der Waals surface area contributed by atoms with Crippen LogP contribution in [-0.4, -0.2) is 43.8 Å². The van der Waals surface area contributed by atoms with Crippen LogP contribution in [0.5, 0.6) is 0 Å². The fourth-order valence-electron chi connectivity index (χ4n) is 4.36. The number of hydrogen-bond acceptors (Lipinski definition) is 7. The van der Waals surface area contributed by atoms with Crippen LogP contribution in [-0.2, 0) is 4.79 Å². The third-order valence-electron chi connectivity index (χ3n) is 6.10. The number of aromatic nitrogens is 3. The first-order chi connectivity index (χ1) is 17.3. The molecule has 0 bridgehead atoms. The second-order valence-electron chi connectivity index (χ2n) is 8.58. The van der Waals surface area contributed by atoms with Crippen molar-refractivity contribution in [2.24, 2.45) is 5.73 Å². The van der Waals surface area contributed by atoms with Gasteiger partial charge >= 0.3 is 0 Å². The minimum atomic E-state index is -0.774. The number of anilines is 1. The van der Waals surface area contributed by atoms with Crippen molar-refractivity contribution in [1.29, 1.82) is 5.26 Å². The highest BCUT2D eigenvalue weighted by molar-refractivity contribution is 6.04. The molecule has 0 radical (unpaired) electrons. The fourth-order valence-corrected chi connectivity index (χ4v) is 4.36. The van der Waals surface area contributed by atoms with Gasteiger partial charge in [0.25, 0.3) is 11.8 Å². The van der Waals surface area contributed by atoms with E-state index in [1.165, 1.54) is 0 Å². The van der Waals surface area contributed by atoms with Gasteiger partial charge in [-0.2, -0.15) is 5.26 Å². The summed E-state index contributed by atoms with van der Waals surface area (Å²) in [7, 11) is 0. The van der Waals surface area contributed by atoms with Crippen LogP contribution in [0.15, 0.2) is 42.6 Å². The Labute approximate surface area is 207 Å². The average molecular weight is 487 g/mol. The molecule has 11 heteroatoms. The lowest BCUT2D eigenvalue weighted by atomic mass is 10.0. The SMILES string of the molecule is Cc1ccnc(NC(=O)c2ccc(-c3nc(C4CCCCN4C(=O)CC#N)n(N)c3C(N)=O)cc2)c1. The maximum Gasteiger partial charge on any atom is 0.269 e. The molecule has 4 rings (SSSR count). The first-order valence-corrected chi connectivity index (χ1v) is 11.5. The fraction of sp³-hybridized carbons (Fsp3) is 0.280. The monoisotopic (exact) mass is 486 g/mol. The maximum absolute atomic E-state index is 12.6. The van der Waals surface area contributed by atoms with E-state index in [0.717, 1.165) is 23.1 Å². The summed E-state index contributed by atoms with van der Waals surface area (Å²) < 4.78 is 1.13. The number of pyridine rings is 1. The van der Waals surface area contributed by atoms with E-state index in [9.17, 15) is 14.4 Å². The highest BCUT2D eigenvalue weighted by Crippen LogP contribution is 2.33. The summed E-state index contributed by atoms with van der Waals surface area (Å²) in [4.78, 5) is 47.8. The third kappa shape index (κ3) is 4.88. The topological polar surface area (TPSA) is 173 Å². The van der Waals surface area contributed by atoms with Crippen LogP contribution >= 0.6 is 0 Å². The molecule has 3 heterocycles. The average Bonchev–Trinajstić information content (AvgIpc) is 3.21. The number of imidazole rings is 1. The standard InChI is InChI=1S/C25H26N8O3/c1-15-10-12-29-19(14-15)30-25(36)17-7-5-16(6-8-17)21-22(23(27)35)33(28)24(31-21)18-4-2-3-13-32(18)20(34)9-11-26/h5-8,10,12,14,18H,2-4,9,13,28H2,1H3,(H2,27,35)(H,29,30,36). The van der Waals surface area contributed by atoms with Gasteiger partial charge in [0.2, 0.25) is 5.91 Å². The van der Waals surface area contributed by atoms with E-state index in [1.807, 2.05) is 19.1 Å². The lowest BCUT2D eigenvalue weighted by Crippen LogP contribution is -2.40. The largest absolute Gasteiger partial charge is 0.364 e. The van der Waals surface area contributed by atoms with Crippen molar-refractivity contribution in [3.8, 4) is 17.3 Å². The molecule has 1 unspecified atom stereocenters. The molecule has 1 aliphatic rings. The van der Waals surface area contributed by atoms with Crippen molar-refractivity contribution in [3.63, 3.8) is 0 Å². The first-order valence-electron chi connectivity index (χ1n) is 11.5. The molecule has 1 fully saturated rings. The third-order valence-corrected chi connectivity index (χ3v) is 6.10. The van der Waals surface area contributed by atoms with Gasteiger partial charge < -0.3 is 21.8 Å². The predicted molar refractivity (Wildman–Crippen MR) is 132 cm³/mol. The summed E-state index contributed by atoms with van der Waals surface area (Å²) in [6, 6.07) is 11.5. The van der Waals surface area contributed by atoms with Crippen molar-refractivity contribution >= 4 is 23.5 Å². The molecular weight excluding hydrogens is 460 g/mol. The Bertz CT molecular complexity index is 1360. The molecular formula is C25H26N8O3. The number of hydrogen-bond donors (Lipinski definition) is 3. The maximum atomic E-state index is 12.6. The number of nitriles is 1. The zero-order chi connectivity index (χ0) is 25.8. The summed E-state index contributed by atoms with van der Waals surface area (Å²) in [6.45, 7) is 2.37. The van der Waals surface area contributed by atoms with Gasteiger partial charge in [0.15, 0.2) is 11.5 Å². The van der Waals surface area contributed by atoms with Crippen LogP contribution in [0.4, 0.5) is 5.82 Å². The molecule has 1 aromatic carbocycles. The van der Waals surface area contributed by atoms with E-state index >= 15 is 0 Å². The number of primary amides is 1. The number of piperidine rings is 1. The van der Waals surface area contributed by atoms with Crippen molar-refractivity contribution in [1.82, 2.24) is 19.5 Å². The lowest BCUT2D eigenvalue weighted by molar-refractivity contribution is -0.134. The first kappa shape index (κ1) is 24.4. The second kappa shape index (κ2) is 10.3. The quantitative estimate of drug-likeness (QED) is 0.448. The number of nitrogens with zero attached hydrogens (tertiary/aromatic N) is 5. The number of nitrogens with two attached hydrogens (primary N) is 2. The Kier molecular flexibility index (Phi) is 6.96. The number of carbonyl (C=O) groups excluding carboxylic acids is 3. The molecule has 5 N–H and O–H groups in total. The van der Waals surface area contributed by atoms with Gasteiger partial charge in [-0.05, 0) is 56.0 Å².